The van der Waals surface area contributed by atoms with Crippen LogP contribution < -0.4 is 5.32 Å². The molecule has 1 aromatic carbocycles. The van der Waals surface area contributed by atoms with Crippen molar-refractivity contribution >= 4 is 34.4 Å². The number of ether oxygens (including phenoxy) is 1. The van der Waals surface area contributed by atoms with Gasteiger partial charge in [-0.25, -0.2) is 4.79 Å². The highest BCUT2D eigenvalue weighted by Crippen LogP contribution is 2.23. The minimum Gasteiger partial charge on any atom is -0.444 e. The molecule has 0 aliphatic carbocycles. The average Bonchev–Trinajstić information content (AvgIpc) is 2.18. The molecule has 0 heterocycles. The fourth-order valence-corrected chi connectivity index (χ4v) is 1.78. The Hall–Kier alpha value is -1.29. The number of rotatable bonds is 1. The van der Waals surface area contributed by atoms with E-state index in [0.29, 0.717) is 11.3 Å². The number of hydrogen-bond acceptors (Lipinski definition) is 3. The van der Waals surface area contributed by atoms with E-state index < -0.39 is 11.7 Å². The molecule has 1 rings (SSSR count). The van der Waals surface area contributed by atoms with Crippen LogP contribution in [0.4, 0.5) is 10.5 Å². The first-order valence-electron chi connectivity index (χ1n) is 5.02. The Morgan fingerprint density at radius 2 is 2.12 bits per heavy atom. The normalized spacial score (nSPS) is 10.5. The van der Waals surface area contributed by atoms with Gasteiger partial charge in [-0.1, -0.05) is 6.07 Å². The lowest BCUT2D eigenvalue weighted by Crippen LogP contribution is -2.27. The minimum absolute atomic E-state index is 0.419. The first-order chi connectivity index (χ1) is 7.83. The van der Waals surface area contributed by atoms with Crippen molar-refractivity contribution in [2.75, 3.05) is 5.32 Å². The molecule has 0 aliphatic rings. The second-order valence-electron chi connectivity index (χ2n) is 4.40. The van der Waals surface area contributed by atoms with Crippen molar-refractivity contribution < 1.29 is 9.53 Å². The molecule has 17 heavy (non-hydrogen) atoms. The second-order valence-corrected chi connectivity index (χ2v) is 5.56. The topological polar surface area (TPSA) is 62.1 Å². The van der Waals surface area contributed by atoms with Crippen LogP contribution in [0.1, 0.15) is 26.3 Å². The third-order valence-electron chi connectivity index (χ3n) is 1.76. The van der Waals surface area contributed by atoms with E-state index in [0.717, 1.165) is 3.57 Å². The van der Waals surface area contributed by atoms with E-state index in [-0.39, 0.29) is 0 Å². The molecule has 0 radical (unpaired) electrons. The molecule has 0 aromatic heterocycles. The number of carbonyl (C=O) groups excluding carboxylic acids is 1. The van der Waals surface area contributed by atoms with Crippen molar-refractivity contribution in [3.63, 3.8) is 0 Å². The van der Waals surface area contributed by atoms with Crippen molar-refractivity contribution in [3.05, 3.63) is 27.3 Å². The number of amides is 1. The third-order valence-corrected chi connectivity index (χ3v) is 2.66. The van der Waals surface area contributed by atoms with Crippen molar-refractivity contribution in [2.45, 2.75) is 26.4 Å². The highest BCUT2D eigenvalue weighted by atomic mass is 127. The molecule has 1 aromatic rings. The van der Waals surface area contributed by atoms with Gasteiger partial charge in [0.15, 0.2) is 0 Å². The Morgan fingerprint density at radius 3 is 2.65 bits per heavy atom. The van der Waals surface area contributed by atoms with Gasteiger partial charge in [0, 0.05) is 3.57 Å². The molecule has 1 amide bonds. The first-order valence-corrected chi connectivity index (χ1v) is 6.10. The lowest BCUT2D eigenvalue weighted by Gasteiger charge is -2.20. The Kier molecular flexibility index (Phi) is 4.34. The van der Waals surface area contributed by atoms with E-state index in [1.54, 1.807) is 32.9 Å². The largest absolute Gasteiger partial charge is 0.444 e. The van der Waals surface area contributed by atoms with Crippen molar-refractivity contribution in [2.24, 2.45) is 0 Å². The highest BCUT2D eigenvalue weighted by molar-refractivity contribution is 14.1. The van der Waals surface area contributed by atoms with Gasteiger partial charge < -0.3 is 4.74 Å². The molecule has 1 N–H and O–H groups in total. The zero-order valence-electron chi connectivity index (χ0n) is 9.87. The van der Waals surface area contributed by atoms with E-state index in [2.05, 4.69) is 27.9 Å². The quantitative estimate of drug-likeness (QED) is 0.793. The van der Waals surface area contributed by atoms with Gasteiger partial charge in [0.1, 0.15) is 11.7 Å². The van der Waals surface area contributed by atoms with Gasteiger partial charge >= 0.3 is 6.09 Å². The van der Waals surface area contributed by atoms with Crippen LogP contribution >= 0.6 is 22.6 Å². The van der Waals surface area contributed by atoms with Gasteiger partial charge in [-0.3, -0.25) is 5.32 Å². The molecule has 0 fully saturated rings. The smallest absolute Gasteiger partial charge is 0.412 e. The summed E-state index contributed by atoms with van der Waals surface area (Å²) in [5, 5.41) is 11.5. The molecule has 0 saturated heterocycles. The van der Waals surface area contributed by atoms with E-state index >= 15 is 0 Å². The average molecular weight is 344 g/mol. The number of halogens is 1. The third kappa shape index (κ3) is 4.23. The van der Waals surface area contributed by atoms with Crippen LogP contribution in [0.5, 0.6) is 0 Å². The maximum Gasteiger partial charge on any atom is 0.412 e. The van der Waals surface area contributed by atoms with Gasteiger partial charge in [-0.15, -0.1) is 0 Å². The van der Waals surface area contributed by atoms with Crippen LogP contribution in [-0.2, 0) is 4.74 Å². The predicted octanol–water partition coefficient (Wildman–Crippen LogP) is 3.51. The number of hydrogen-bond donors (Lipinski definition) is 1. The van der Waals surface area contributed by atoms with Crippen LogP contribution in [-0.4, -0.2) is 11.7 Å². The summed E-state index contributed by atoms with van der Waals surface area (Å²) in [5.41, 5.74) is 0.351. The molecule has 0 atom stereocenters. The number of nitriles is 1. The zero-order chi connectivity index (χ0) is 13.1. The standard InChI is InChI=1S/C12H13IN2O2/c1-12(2,3)17-11(16)15-10-8(7-14)5-4-6-9(10)13/h4-6H,1-3H3,(H,15,16). The van der Waals surface area contributed by atoms with E-state index in [9.17, 15) is 4.79 Å². The molecule has 0 bridgehead atoms. The van der Waals surface area contributed by atoms with E-state index in [1.807, 2.05) is 12.1 Å². The summed E-state index contributed by atoms with van der Waals surface area (Å²) in [4.78, 5) is 11.6. The number of carbonyl (C=O) groups is 1. The van der Waals surface area contributed by atoms with Gasteiger partial charge in [0.25, 0.3) is 0 Å². The van der Waals surface area contributed by atoms with E-state index in [4.69, 9.17) is 10.00 Å². The number of anilines is 1. The number of para-hydroxylation sites is 1. The number of nitrogens with one attached hydrogen (secondary N) is 1. The summed E-state index contributed by atoms with van der Waals surface area (Å²) in [6.45, 7) is 5.36. The molecular formula is C12H13IN2O2. The SMILES string of the molecule is CC(C)(C)OC(=O)Nc1c(I)cccc1C#N. The van der Waals surface area contributed by atoms with Gasteiger partial charge in [0.05, 0.1) is 11.3 Å². The molecule has 0 spiro atoms. The van der Waals surface area contributed by atoms with Gasteiger partial charge in [0.2, 0.25) is 0 Å². The van der Waals surface area contributed by atoms with E-state index in [1.165, 1.54) is 0 Å². The second kappa shape index (κ2) is 5.36. The Balaban J connectivity index is 2.89. The van der Waals surface area contributed by atoms with Crippen molar-refractivity contribution in [1.29, 1.82) is 5.26 Å². The number of nitrogens with zero attached hydrogens (tertiary/aromatic N) is 1. The summed E-state index contributed by atoms with van der Waals surface area (Å²) in [6.07, 6.45) is -0.557. The lowest BCUT2D eigenvalue weighted by atomic mass is 10.2. The molecule has 90 valence electrons. The molecular weight excluding hydrogens is 331 g/mol. The summed E-state index contributed by atoms with van der Waals surface area (Å²) in [5.74, 6) is 0. The minimum atomic E-state index is -0.558. The fourth-order valence-electron chi connectivity index (χ4n) is 1.15. The van der Waals surface area contributed by atoms with Gasteiger partial charge in [-0.2, -0.15) is 5.26 Å². The predicted molar refractivity (Wildman–Crippen MR) is 73.7 cm³/mol. The molecule has 0 aliphatic heterocycles. The summed E-state index contributed by atoms with van der Waals surface area (Å²) < 4.78 is 5.93. The van der Waals surface area contributed by atoms with Crippen molar-refractivity contribution in [3.8, 4) is 6.07 Å². The van der Waals surface area contributed by atoms with Crippen LogP contribution in [0.15, 0.2) is 18.2 Å². The summed E-state index contributed by atoms with van der Waals surface area (Å²) in [7, 11) is 0. The molecule has 5 heteroatoms. The van der Waals surface area contributed by atoms with Crippen LogP contribution in [0.25, 0.3) is 0 Å². The molecule has 0 saturated carbocycles. The van der Waals surface area contributed by atoms with Crippen molar-refractivity contribution in [1.82, 2.24) is 0 Å². The maximum atomic E-state index is 11.6. The van der Waals surface area contributed by atoms with Crippen LogP contribution in [0.2, 0.25) is 0 Å². The summed E-state index contributed by atoms with van der Waals surface area (Å²) >= 11 is 2.06. The van der Waals surface area contributed by atoms with Crippen LogP contribution in [0.3, 0.4) is 0 Å². The Morgan fingerprint density at radius 1 is 1.47 bits per heavy atom. The first kappa shape index (κ1) is 13.8. The summed E-state index contributed by atoms with van der Waals surface area (Å²) in [6, 6.07) is 7.26. The fraction of sp³-hybridized carbons (Fsp3) is 0.333. The monoisotopic (exact) mass is 344 g/mol. The van der Waals surface area contributed by atoms with Gasteiger partial charge in [-0.05, 0) is 55.5 Å². The molecule has 4 nitrogen and oxygen atoms in total. The molecule has 0 unspecified atom stereocenters. The zero-order valence-corrected chi connectivity index (χ0v) is 12.0. The highest BCUT2D eigenvalue weighted by Gasteiger charge is 2.18. The maximum absolute atomic E-state index is 11.6. The Labute approximate surface area is 114 Å². The van der Waals surface area contributed by atoms with Crippen LogP contribution in [0, 0.1) is 14.9 Å². The lowest BCUT2D eigenvalue weighted by molar-refractivity contribution is 0.0636. The number of benzene rings is 1. The Bertz CT molecular complexity index is 472.